The first kappa shape index (κ1) is 36.4. The summed E-state index contributed by atoms with van der Waals surface area (Å²) < 4.78 is 34.8. The Morgan fingerprint density at radius 2 is 0.821 bits per heavy atom. The molecule has 0 N–H and O–H groups in total. The van der Waals surface area contributed by atoms with Gasteiger partial charge in [0.1, 0.15) is 13.2 Å². The number of ether oxygens (including phenoxy) is 7. The van der Waals surface area contributed by atoms with Crippen molar-refractivity contribution in [3.63, 3.8) is 0 Å². The summed E-state index contributed by atoms with van der Waals surface area (Å²) in [4.78, 5) is 47.1. The third-order valence-corrected chi connectivity index (χ3v) is 5.59. The molecule has 0 heterocycles. The molecule has 0 aliphatic rings. The van der Waals surface area contributed by atoms with Gasteiger partial charge in [0.05, 0.1) is 26.4 Å². The molecule has 0 aliphatic heterocycles. The molecule has 0 unspecified atom stereocenters. The van der Waals surface area contributed by atoms with Gasteiger partial charge in [-0.1, -0.05) is 78.1 Å². The molecule has 0 saturated carbocycles. The molecule has 228 valence electrons. The van der Waals surface area contributed by atoms with Crippen LogP contribution in [0.15, 0.2) is 0 Å². The fraction of sp³-hybridized carbons (Fsp3) is 0.857. The Balaban J connectivity index is 3.71. The Kier molecular flexibility index (Phi) is 24.0. The zero-order chi connectivity index (χ0) is 29.1. The average Bonchev–Trinajstić information content (AvgIpc) is 2.91. The van der Waals surface area contributed by atoms with E-state index in [-0.39, 0.29) is 26.4 Å². The van der Waals surface area contributed by atoms with Crippen LogP contribution in [0.25, 0.3) is 0 Å². The van der Waals surface area contributed by atoms with Gasteiger partial charge in [-0.3, -0.25) is 0 Å². The number of unbranched alkanes of at least 4 members (excludes halogenated alkanes) is 10. The second-order valence-corrected chi connectivity index (χ2v) is 9.20. The maximum Gasteiger partial charge on any atom is 0.509 e. The lowest BCUT2D eigenvalue weighted by molar-refractivity contribution is -0.154. The van der Waals surface area contributed by atoms with Crippen LogP contribution in [0.5, 0.6) is 0 Å². The highest BCUT2D eigenvalue weighted by Gasteiger charge is 2.21. The summed E-state index contributed by atoms with van der Waals surface area (Å²) in [7, 11) is 0. The van der Waals surface area contributed by atoms with E-state index in [0.717, 1.165) is 38.5 Å². The van der Waals surface area contributed by atoms with Crippen molar-refractivity contribution in [1.82, 2.24) is 0 Å². The first-order chi connectivity index (χ1) is 18.8. The van der Waals surface area contributed by atoms with Crippen LogP contribution in [0.2, 0.25) is 0 Å². The minimum absolute atomic E-state index is 0.0194. The molecule has 0 saturated heterocycles. The van der Waals surface area contributed by atoms with Crippen LogP contribution in [-0.4, -0.2) is 76.1 Å². The van der Waals surface area contributed by atoms with E-state index < -0.39 is 36.5 Å². The smallest absolute Gasteiger partial charge is 0.463 e. The summed E-state index contributed by atoms with van der Waals surface area (Å²) in [6.45, 7) is 7.51. The van der Waals surface area contributed by atoms with Gasteiger partial charge in [-0.05, 0) is 26.7 Å². The number of carbonyl (C=O) groups is 4. The van der Waals surface area contributed by atoms with E-state index in [1.54, 1.807) is 0 Å². The van der Waals surface area contributed by atoms with Gasteiger partial charge in [-0.15, -0.1) is 0 Å². The molecule has 39 heavy (non-hydrogen) atoms. The molecule has 0 aromatic rings. The van der Waals surface area contributed by atoms with Gasteiger partial charge in [-0.2, -0.15) is 0 Å². The van der Waals surface area contributed by atoms with E-state index >= 15 is 0 Å². The van der Waals surface area contributed by atoms with Gasteiger partial charge in [0.2, 0.25) is 0 Å². The lowest BCUT2D eigenvalue weighted by atomic mass is 10.1. The van der Waals surface area contributed by atoms with E-state index in [0.29, 0.717) is 13.2 Å². The molecule has 0 amide bonds. The fourth-order valence-corrected chi connectivity index (χ4v) is 3.27. The molecule has 0 rings (SSSR count). The van der Waals surface area contributed by atoms with Crippen molar-refractivity contribution in [1.29, 1.82) is 0 Å². The number of rotatable bonds is 24. The Hall–Kier alpha value is -2.56. The second kappa shape index (κ2) is 25.7. The maximum absolute atomic E-state index is 11.9. The second-order valence-electron chi connectivity index (χ2n) is 9.20. The van der Waals surface area contributed by atoms with Crippen molar-refractivity contribution < 1.29 is 52.3 Å². The predicted molar refractivity (Wildman–Crippen MR) is 143 cm³/mol. The molecule has 0 radical (unpaired) electrons. The van der Waals surface area contributed by atoms with Gasteiger partial charge in [0.15, 0.2) is 12.2 Å². The van der Waals surface area contributed by atoms with Crippen LogP contribution in [0.4, 0.5) is 9.59 Å². The molecule has 0 aromatic heterocycles. The molecule has 11 heteroatoms. The van der Waals surface area contributed by atoms with Gasteiger partial charge in [0, 0.05) is 0 Å². The maximum atomic E-state index is 11.9. The molecular formula is C28H50O11. The summed E-state index contributed by atoms with van der Waals surface area (Å²) in [6.07, 6.45) is 8.69. The molecule has 2 atom stereocenters. The fourth-order valence-electron chi connectivity index (χ4n) is 3.27. The average molecular weight is 563 g/mol. The van der Waals surface area contributed by atoms with Crippen LogP contribution in [0, 0.1) is 0 Å². The molecule has 0 spiro atoms. The van der Waals surface area contributed by atoms with E-state index in [9.17, 15) is 19.2 Å². The highest BCUT2D eigenvalue weighted by molar-refractivity contribution is 5.77. The van der Waals surface area contributed by atoms with Gasteiger partial charge in [-0.25, -0.2) is 19.2 Å². The Morgan fingerprint density at radius 1 is 0.462 bits per heavy atom. The quantitative estimate of drug-likeness (QED) is 0.0791. The number of esters is 2. The van der Waals surface area contributed by atoms with E-state index in [2.05, 4.69) is 13.8 Å². The lowest BCUT2D eigenvalue weighted by Crippen LogP contribution is -2.28. The molecule has 0 aromatic carbocycles. The molecule has 0 bridgehead atoms. The number of hydrogen-bond acceptors (Lipinski definition) is 11. The lowest BCUT2D eigenvalue weighted by Gasteiger charge is -2.13. The highest BCUT2D eigenvalue weighted by Crippen LogP contribution is 2.07. The topological polar surface area (TPSA) is 133 Å². The Labute approximate surface area is 233 Å². The van der Waals surface area contributed by atoms with E-state index in [4.69, 9.17) is 33.2 Å². The largest absolute Gasteiger partial charge is 0.509 e. The first-order valence-electron chi connectivity index (χ1n) is 14.4. The summed E-state index contributed by atoms with van der Waals surface area (Å²) in [5.74, 6) is -1.25. The summed E-state index contributed by atoms with van der Waals surface area (Å²) in [5, 5.41) is 0. The minimum atomic E-state index is -1.08. The van der Waals surface area contributed by atoms with E-state index in [1.807, 2.05) is 0 Å². The first-order valence-corrected chi connectivity index (χ1v) is 14.4. The molecule has 0 aliphatic carbocycles. The van der Waals surface area contributed by atoms with Crippen molar-refractivity contribution in [2.24, 2.45) is 0 Å². The standard InChI is InChI=1S/C28H50O11/c1-5-7-9-11-13-15-17-34-25(29)23(3)38-27(31)36-21-19-33-20-22-37-28(32)39-24(4)26(30)35-18-16-14-12-10-8-6-2/h23-24H,5-22H2,1-4H3/t23-,24-/m1/s1. The SMILES string of the molecule is CCCCCCCCOC(=O)[C@@H](C)OC(=O)OCCOCCOC(=O)O[C@H](C)C(=O)OCCCCCCCC. The van der Waals surface area contributed by atoms with Gasteiger partial charge < -0.3 is 33.2 Å². The summed E-state index contributed by atoms with van der Waals surface area (Å²) >= 11 is 0. The molecular weight excluding hydrogens is 512 g/mol. The highest BCUT2D eigenvalue weighted by atomic mass is 16.7. The van der Waals surface area contributed by atoms with Gasteiger partial charge in [0.25, 0.3) is 0 Å². The predicted octanol–water partition coefficient (Wildman–Crippen LogP) is 5.89. The Bertz CT molecular complexity index is 599. The third kappa shape index (κ3) is 23.1. The summed E-state index contributed by atoms with van der Waals surface area (Å²) in [5.41, 5.74) is 0. The van der Waals surface area contributed by atoms with Crippen molar-refractivity contribution in [3.05, 3.63) is 0 Å². The van der Waals surface area contributed by atoms with Crippen LogP contribution >= 0.6 is 0 Å². The minimum Gasteiger partial charge on any atom is -0.463 e. The molecule has 0 fully saturated rings. The van der Waals surface area contributed by atoms with Crippen molar-refractivity contribution in [3.8, 4) is 0 Å². The Morgan fingerprint density at radius 3 is 1.21 bits per heavy atom. The zero-order valence-electron chi connectivity index (χ0n) is 24.4. The zero-order valence-corrected chi connectivity index (χ0v) is 24.4. The summed E-state index contributed by atoms with van der Waals surface area (Å²) in [6, 6.07) is 0. The monoisotopic (exact) mass is 562 g/mol. The number of carbonyl (C=O) groups excluding carboxylic acids is 4. The van der Waals surface area contributed by atoms with Crippen molar-refractivity contribution in [2.75, 3.05) is 39.6 Å². The van der Waals surface area contributed by atoms with Crippen LogP contribution in [0.3, 0.4) is 0 Å². The third-order valence-electron chi connectivity index (χ3n) is 5.59. The van der Waals surface area contributed by atoms with E-state index in [1.165, 1.54) is 52.4 Å². The number of hydrogen-bond donors (Lipinski definition) is 0. The molecule has 11 nitrogen and oxygen atoms in total. The normalized spacial score (nSPS) is 12.2. The van der Waals surface area contributed by atoms with Crippen LogP contribution in [-0.2, 0) is 42.7 Å². The van der Waals surface area contributed by atoms with Crippen LogP contribution < -0.4 is 0 Å². The van der Waals surface area contributed by atoms with Crippen molar-refractivity contribution in [2.45, 2.75) is 117 Å². The van der Waals surface area contributed by atoms with Crippen molar-refractivity contribution >= 4 is 24.2 Å². The van der Waals surface area contributed by atoms with Crippen LogP contribution in [0.1, 0.15) is 105 Å². The van der Waals surface area contributed by atoms with Gasteiger partial charge >= 0.3 is 24.2 Å².